The number of carboxylic acids is 1. The molecule has 0 spiro atoms. The highest BCUT2D eigenvalue weighted by Crippen LogP contribution is 2.30. The number of rotatable bonds is 13. The average Bonchev–Trinajstić information content (AvgIpc) is 2.90. The first kappa shape index (κ1) is 35.4. The van der Waals surface area contributed by atoms with Crippen LogP contribution in [0.2, 0.25) is 0 Å². The topological polar surface area (TPSA) is 75.6 Å². The van der Waals surface area contributed by atoms with Crippen LogP contribution in [0.15, 0.2) is 72.3 Å². The number of carbonyl (C=O) groups is 2. The molecule has 224 valence electrons. The average molecular weight is 562 g/mol. The predicted molar refractivity (Wildman–Crippen MR) is 172 cm³/mol. The van der Waals surface area contributed by atoms with Crippen LogP contribution in [0.5, 0.6) is 5.75 Å². The third kappa shape index (κ3) is 13.5. The number of aryl methyl sites for hydroxylation is 1. The zero-order valence-electron chi connectivity index (χ0n) is 26.6. The summed E-state index contributed by atoms with van der Waals surface area (Å²) >= 11 is 0. The standard InChI is InChI=1S/C32H41NO4.C4H10/c1-7-9-25(12-11-23(5)22(3)4)29-18-15-27(21-24(29)6)30(10-8-2)37-28-16-13-26(14-17-28)32(36)33-20-19-31(34)35;1-4(2)3/h7,9,11-18,21-22,30H,8,10,19-20H2,1-6H3,(H,33,36)(H,34,35);4H,1-3H3/b9-7-,23-11+,25-12+;. The van der Waals surface area contributed by atoms with E-state index in [1.54, 1.807) is 24.3 Å². The number of carboxylic acid groups (broad SMARTS) is 1. The number of ether oxygens (including phenoxy) is 1. The molecule has 2 aromatic rings. The number of carbonyl (C=O) groups excluding carboxylic acids is 1. The number of benzene rings is 2. The molecule has 1 amide bonds. The van der Waals surface area contributed by atoms with Crippen LogP contribution in [0.1, 0.15) is 108 Å². The van der Waals surface area contributed by atoms with Crippen LogP contribution in [0.25, 0.3) is 5.57 Å². The van der Waals surface area contributed by atoms with Gasteiger partial charge in [0.1, 0.15) is 11.9 Å². The highest BCUT2D eigenvalue weighted by Gasteiger charge is 2.15. The van der Waals surface area contributed by atoms with Gasteiger partial charge in [0.25, 0.3) is 5.91 Å². The molecule has 0 saturated heterocycles. The van der Waals surface area contributed by atoms with Crippen molar-refractivity contribution < 1.29 is 19.4 Å². The van der Waals surface area contributed by atoms with Crippen LogP contribution in [-0.4, -0.2) is 23.5 Å². The van der Waals surface area contributed by atoms with Crippen molar-refractivity contribution in [2.24, 2.45) is 11.8 Å². The van der Waals surface area contributed by atoms with E-state index in [0.29, 0.717) is 17.2 Å². The van der Waals surface area contributed by atoms with Gasteiger partial charge in [0, 0.05) is 12.1 Å². The molecule has 41 heavy (non-hydrogen) atoms. The summed E-state index contributed by atoms with van der Waals surface area (Å²) in [5.74, 6) is 0.791. The van der Waals surface area contributed by atoms with Gasteiger partial charge in [0.2, 0.25) is 0 Å². The quantitative estimate of drug-likeness (QED) is 0.239. The normalized spacial score (nSPS) is 12.8. The Morgan fingerprint density at radius 1 is 1.00 bits per heavy atom. The van der Waals surface area contributed by atoms with Gasteiger partial charge in [-0.05, 0) is 85.6 Å². The largest absolute Gasteiger partial charge is 0.486 e. The second kappa shape index (κ2) is 18.7. The lowest BCUT2D eigenvalue weighted by Crippen LogP contribution is -2.25. The van der Waals surface area contributed by atoms with Crippen molar-refractivity contribution in [3.05, 3.63) is 94.6 Å². The molecule has 0 radical (unpaired) electrons. The van der Waals surface area contributed by atoms with Gasteiger partial charge in [-0.3, -0.25) is 9.59 Å². The molecule has 0 saturated carbocycles. The maximum absolute atomic E-state index is 12.2. The molecule has 0 aliphatic rings. The number of aliphatic carboxylic acids is 1. The Bertz CT molecular complexity index is 1180. The molecule has 2 N–H and O–H groups in total. The number of hydrogen-bond acceptors (Lipinski definition) is 3. The summed E-state index contributed by atoms with van der Waals surface area (Å²) in [4.78, 5) is 22.9. The fourth-order valence-electron chi connectivity index (χ4n) is 3.83. The lowest BCUT2D eigenvalue weighted by molar-refractivity contribution is -0.136. The van der Waals surface area contributed by atoms with Crippen molar-refractivity contribution in [3.8, 4) is 5.75 Å². The minimum Gasteiger partial charge on any atom is -0.486 e. The number of hydrogen-bond donors (Lipinski definition) is 2. The summed E-state index contributed by atoms with van der Waals surface area (Å²) in [5.41, 5.74) is 6.49. The molecule has 0 aromatic heterocycles. The van der Waals surface area contributed by atoms with Crippen molar-refractivity contribution in [1.82, 2.24) is 5.32 Å². The van der Waals surface area contributed by atoms with Crippen LogP contribution < -0.4 is 10.1 Å². The molecule has 2 rings (SSSR count). The van der Waals surface area contributed by atoms with Crippen LogP contribution in [0, 0.1) is 18.8 Å². The van der Waals surface area contributed by atoms with E-state index in [2.05, 4.69) is 103 Å². The van der Waals surface area contributed by atoms with Crippen molar-refractivity contribution in [2.75, 3.05) is 6.54 Å². The summed E-state index contributed by atoms with van der Waals surface area (Å²) in [7, 11) is 0. The van der Waals surface area contributed by atoms with Gasteiger partial charge in [-0.1, -0.05) is 96.0 Å². The molecule has 0 fully saturated rings. The smallest absolute Gasteiger partial charge is 0.305 e. The van der Waals surface area contributed by atoms with E-state index in [1.807, 2.05) is 6.92 Å². The van der Waals surface area contributed by atoms with Gasteiger partial charge in [-0.25, -0.2) is 0 Å². The fourth-order valence-corrected chi connectivity index (χ4v) is 3.83. The minimum atomic E-state index is -0.943. The van der Waals surface area contributed by atoms with E-state index in [-0.39, 0.29) is 25.0 Å². The molecule has 0 aliphatic heterocycles. The first-order chi connectivity index (χ1) is 19.4. The van der Waals surface area contributed by atoms with Crippen molar-refractivity contribution in [2.45, 2.75) is 87.7 Å². The van der Waals surface area contributed by atoms with E-state index in [1.165, 1.54) is 22.3 Å². The van der Waals surface area contributed by atoms with Crippen LogP contribution in [-0.2, 0) is 4.79 Å². The van der Waals surface area contributed by atoms with Gasteiger partial charge in [-0.15, -0.1) is 0 Å². The SMILES string of the molecule is CC(C)C.C\C=C/C(=C\C=C(/C)C(C)C)c1ccc(C(CCC)Oc2ccc(C(=O)NCCC(=O)O)cc2)cc1C. The number of amides is 1. The first-order valence-corrected chi connectivity index (χ1v) is 14.8. The number of nitrogens with one attached hydrogen (secondary N) is 1. The lowest BCUT2D eigenvalue weighted by atomic mass is 9.94. The maximum atomic E-state index is 12.2. The Balaban J connectivity index is 0.00000196. The van der Waals surface area contributed by atoms with E-state index >= 15 is 0 Å². The second-order valence-corrected chi connectivity index (χ2v) is 11.3. The summed E-state index contributed by atoms with van der Waals surface area (Å²) in [6.45, 7) is 19.5. The Morgan fingerprint density at radius 2 is 1.63 bits per heavy atom. The zero-order chi connectivity index (χ0) is 30.9. The lowest BCUT2D eigenvalue weighted by Gasteiger charge is -2.21. The Labute approximate surface area is 248 Å². The fraction of sp³-hybridized carbons (Fsp3) is 0.444. The van der Waals surface area contributed by atoms with E-state index < -0.39 is 5.97 Å². The molecule has 5 nitrogen and oxygen atoms in total. The summed E-state index contributed by atoms with van der Waals surface area (Å²) in [5, 5.41) is 11.3. The molecule has 0 bridgehead atoms. The van der Waals surface area contributed by atoms with Crippen molar-refractivity contribution in [1.29, 1.82) is 0 Å². The van der Waals surface area contributed by atoms with Crippen molar-refractivity contribution in [3.63, 3.8) is 0 Å². The van der Waals surface area contributed by atoms with Gasteiger partial charge in [-0.2, -0.15) is 0 Å². The van der Waals surface area contributed by atoms with E-state index in [4.69, 9.17) is 9.84 Å². The Morgan fingerprint density at radius 3 is 2.15 bits per heavy atom. The molecule has 1 unspecified atom stereocenters. The van der Waals surface area contributed by atoms with Gasteiger partial charge in [0.15, 0.2) is 0 Å². The third-order valence-electron chi connectivity index (χ3n) is 6.29. The second-order valence-electron chi connectivity index (χ2n) is 11.3. The molecule has 1 atom stereocenters. The molecular formula is C36H51NO4. The Kier molecular flexibility index (Phi) is 16.2. The van der Waals surface area contributed by atoms with Gasteiger partial charge >= 0.3 is 5.97 Å². The van der Waals surface area contributed by atoms with Crippen LogP contribution in [0.4, 0.5) is 0 Å². The van der Waals surface area contributed by atoms with Crippen LogP contribution in [0.3, 0.4) is 0 Å². The molecule has 0 heterocycles. The Hall–Kier alpha value is -3.60. The van der Waals surface area contributed by atoms with Gasteiger partial charge in [0.05, 0.1) is 6.42 Å². The molecule has 2 aromatic carbocycles. The molecular weight excluding hydrogens is 510 g/mol. The van der Waals surface area contributed by atoms with Crippen LogP contribution >= 0.6 is 0 Å². The van der Waals surface area contributed by atoms with E-state index in [9.17, 15) is 9.59 Å². The van der Waals surface area contributed by atoms with Gasteiger partial charge < -0.3 is 15.2 Å². The first-order valence-electron chi connectivity index (χ1n) is 14.8. The molecule has 5 heteroatoms. The summed E-state index contributed by atoms with van der Waals surface area (Å²) < 4.78 is 6.35. The third-order valence-corrected chi connectivity index (χ3v) is 6.29. The monoisotopic (exact) mass is 561 g/mol. The van der Waals surface area contributed by atoms with Crippen molar-refractivity contribution >= 4 is 17.4 Å². The predicted octanol–water partition coefficient (Wildman–Crippen LogP) is 9.34. The highest BCUT2D eigenvalue weighted by atomic mass is 16.5. The minimum absolute atomic E-state index is 0.0961. The summed E-state index contributed by atoms with van der Waals surface area (Å²) in [6.07, 6.45) is 10.2. The highest BCUT2D eigenvalue weighted by molar-refractivity contribution is 5.94. The summed E-state index contributed by atoms with van der Waals surface area (Å²) in [6, 6.07) is 13.5. The maximum Gasteiger partial charge on any atom is 0.305 e. The molecule has 0 aliphatic carbocycles. The zero-order valence-corrected chi connectivity index (χ0v) is 26.6. The number of allylic oxidation sites excluding steroid dienone is 6. The van der Waals surface area contributed by atoms with E-state index in [0.717, 1.165) is 24.3 Å².